The van der Waals surface area contributed by atoms with E-state index in [1.807, 2.05) is 4.90 Å². The molecule has 2 aliphatic heterocycles. The molecule has 6 rings (SSSR count). The van der Waals surface area contributed by atoms with E-state index in [2.05, 4.69) is 10.5 Å². The fraction of sp³-hybridized carbons (Fsp3) is 0.433. The number of nitrogens with one attached hydrogen (secondary N) is 1. The van der Waals surface area contributed by atoms with E-state index in [0.29, 0.717) is 42.2 Å². The fourth-order valence-electron chi connectivity index (χ4n) is 6.06. The zero-order valence-electron chi connectivity index (χ0n) is 22.6. The van der Waals surface area contributed by atoms with E-state index in [4.69, 9.17) is 14.0 Å². The molecule has 2 bridgehead atoms. The number of hydrogen-bond donors (Lipinski definition) is 2. The SMILES string of the molecule is CCOc1cc(C(=O)O)ccc1NC(=O)N1C2CCC1CC(OCc1c(-c3c(F)cccc3F)noc1C1CC1)C2. The van der Waals surface area contributed by atoms with Crippen molar-refractivity contribution in [1.82, 2.24) is 10.1 Å². The first-order chi connectivity index (χ1) is 19.8. The van der Waals surface area contributed by atoms with Gasteiger partial charge in [-0.25, -0.2) is 18.4 Å². The van der Waals surface area contributed by atoms with E-state index in [-0.39, 0.29) is 53.6 Å². The summed E-state index contributed by atoms with van der Waals surface area (Å²) in [5.41, 5.74) is 0.991. The highest BCUT2D eigenvalue weighted by Gasteiger charge is 2.44. The van der Waals surface area contributed by atoms with Crippen LogP contribution in [0.1, 0.15) is 73.0 Å². The lowest BCUT2D eigenvalue weighted by Crippen LogP contribution is -2.50. The molecule has 3 heterocycles. The second-order valence-electron chi connectivity index (χ2n) is 10.8. The van der Waals surface area contributed by atoms with Gasteiger partial charge in [-0.2, -0.15) is 0 Å². The second kappa shape index (κ2) is 11.1. The van der Waals surface area contributed by atoms with Crippen LogP contribution in [0.25, 0.3) is 11.3 Å². The quantitative estimate of drug-likeness (QED) is 0.310. The van der Waals surface area contributed by atoms with Crippen LogP contribution < -0.4 is 10.1 Å². The number of aromatic carboxylic acids is 1. The Kier molecular flexibility index (Phi) is 7.37. The standard InChI is InChI=1S/C30H31F2N3O6/c1-2-39-25-12-17(29(36)37)8-11-24(25)33-30(38)35-18-9-10-19(35)14-20(13-18)40-15-21-27(34-41-28(21)16-6-7-16)26-22(31)4-3-5-23(26)32/h3-5,8,11-12,16,18-20H,2,6-7,9-10,13-15H2,1H3,(H,33,38)(H,36,37). The number of halogens is 2. The lowest BCUT2D eigenvalue weighted by Gasteiger charge is -2.38. The molecule has 1 aromatic heterocycles. The van der Waals surface area contributed by atoms with Crippen molar-refractivity contribution >= 4 is 17.7 Å². The smallest absolute Gasteiger partial charge is 0.335 e. The van der Waals surface area contributed by atoms with Crippen LogP contribution in [0, 0.1) is 11.6 Å². The summed E-state index contributed by atoms with van der Waals surface area (Å²) in [7, 11) is 0. The third-order valence-corrected chi connectivity index (χ3v) is 8.12. The molecule has 2 unspecified atom stereocenters. The van der Waals surface area contributed by atoms with Crippen LogP contribution >= 0.6 is 0 Å². The second-order valence-corrected chi connectivity index (χ2v) is 10.8. The molecule has 3 aromatic rings. The van der Waals surface area contributed by atoms with Crippen molar-refractivity contribution in [2.45, 2.75) is 76.2 Å². The van der Waals surface area contributed by atoms with Gasteiger partial charge in [-0.3, -0.25) is 0 Å². The number of carboxylic acids is 1. The average Bonchev–Trinajstić information content (AvgIpc) is 3.65. The first kappa shape index (κ1) is 27.2. The zero-order chi connectivity index (χ0) is 28.7. The number of carbonyl (C=O) groups excluding carboxylic acids is 1. The van der Waals surface area contributed by atoms with Crippen molar-refractivity contribution in [3.05, 3.63) is 64.9 Å². The number of anilines is 1. The van der Waals surface area contributed by atoms with Gasteiger partial charge < -0.3 is 29.3 Å². The third-order valence-electron chi connectivity index (χ3n) is 8.12. The summed E-state index contributed by atoms with van der Waals surface area (Å²) in [5, 5.41) is 16.2. The van der Waals surface area contributed by atoms with Gasteiger partial charge in [0, 0.05) is 23.6 Å². The monoisotopic (exact) mass is 567 g/mol. The summed E-state index contributed by atoms with van der Waals surface area (Å²) >= 11 is 0. The molecule has 2 atom stereocenters. The number of aromatic nitrogens is 1. The van der Waals surface area contributed by atoms with E-state index < -0.39 is 17.6 Å². The van der Waals surface area contributed by atoms with Gasteiger partial charge in [0.15, 0.2) is 0 Å². The van der Waals surface area contributed by atoms with Crippen molar-refractivity contribution in [1.29, 1.82) is 0 Å². The molecule has 2 amide bonds. The highest BCUT2D eigenvalue weighted by atomic mass is 19.1. The van der Waals surface area contributed by atoms with Crippen LogP contribution in [-0.4, -0.2) is 52.0 Å². The number of urea groups is 1. The summed E-state index contributed by atoms with van der Waals surface area (Å²) in [6.07, 6.45) is 4.62. The van der Waals surface area contributed by atoms with Gasteiger partial charge >= 0.3 is 12.0 Å². The lowest BCUT2D eigenvalue weighted by atomic mass is 9.99. The van der Waals surface area contributed by atoms with Gasteiger partial charge in [0.25, 0.3) is 0 Å². The van der Waals surface area contributed by atoms with E-state index >= 15 is 0 Å². The Labute approximate surface area is 235 Å². The maximum absolute atomic E-state index is 14.6. The van der Waals surface area contributed by atoms with Crippen LogP contribution in [0.5, 0.6) is 5.75 Å². The largest absolute Gasteiger partial charge is 0.492 e. The molecule has 216 valence electrons. The topological polar surface area (TPSA) is 114 Å². The number of ether oxygens (including phenoxy) is 2. The first-order valence-corrected chi connectivity index (χ1v) is 14.0. The molecule has 11 heteroatoms. The predicted molar refractivity (Wildman–Crippen MR) is 144 cm³/mol. The molecular weight excluding hydrogens is 536 g/mol. The van der Waals surface area contributed by atoms with Crippen molar-refractivity contribution in [2.24, 2.45) is 0 Å². The molecule has 3 fully saturated rings. The summed E-state index contributed by atoms with van der Waals surface area (Å²) in [5.74, 6) is -1.38. The average molecular weight is 568 g/mol. The van der Waals surface area contributed by atoms with E-state index in [1.165, 1.54) is 36.4 Å². The van der Waals surface area contributed by atoms with Crippen LogP contribution in [0.2, 0.25) is 0 Å². The molecule has 1 aliphatic carbocycles. The summed E-state index contributed by atoms with van der Waals surface area (Å²) in [4.78, 5) is 26.6. The summed E-state index contributed by atoms with van der Waals surface area (Å²) in [6, 6.07) is 7.73. The maximum Gasteiger partial charge on any atom is 0.335 e. The Balaban J connectivity index is 1.14. The van der Waals surface area contributed by atoms with Gasteiger partial charge in [-0.05, 0) is 75.8 Å². The first-order valence-electron chi connectivity index (χ1n) is 14.0. The molecule has 3 aliphatic rings. The number of rotatable bonds is 9. The van der Waals surface area contributed by atoms with Gasteiger partial charge in [-0.15, -0.1) is 0 Å². The van der Waals surface area contributed by atoms with E-state index in [1.54, 1.807) is 6.92 Å². The van der Waals surface area contributed by atoms with Crippen molar-refractivity contribution in [3.8, 4) is 17.0 Å². The minimum atomic E-state index is -1.08. The molecule has 9 nitrogen and oxygen atoms in total. The van der Waals surface area contributed by atoms with Crippen LogP contribution in [0.3, 0.4) is 0 Å². The van der Waals surface area contributed by atoms with Crippen molar-refractivity contribution in [3.63, 3.8) is 0 Å². The number of benzene rings is 2. The number of carbonyl (C=O) groups is 2. The summed E-state index contributed by atoms with van der Waals surface area (Å²) in [6.45, 7) is 2.22. The van der Waals surface area contributed by atoms with Crippen LogP contribution in [0.4, 0.5) is 19.3 Å². The number of hydrogen-bond acceptors (Lipinski definition) is 6. The van der Waals surface area contributed by atoms with E-state index in [0.717, 1.165) is 25.7 Å². The number of nitrogens with zero attached hydrogens (tertiary/aromatic N) is 2. The summed E-state index contributed by atoms with van der Waals surface area (Å²) < 4.78 is 46.7. The number of carboxylic acid groups (broad SMARTS) is 1. The lowest BCUT2D eigenvalue weighted by molar-refractivity contribution is -0.0158. The van der Waals surface area contributed by atoms with Gasteiger partial charge in [0.1, 0.15) is 28.8 Å². The Morgan fingerprint density at radius 3 is 2.44 bits per heavy atom. The highest BCUT2D eigenvalue weighted by Crippen LogP contribution is 2.45. The van der Waals surface area contributed by atoms with Crippen LogP contribution in [-0.2, 0) is 11.3 Å². The zero-order valence-corrected chi connectivity index (χ0v) is 22.6. The number of piperidine rings is 1. The molecule has 2 saturated heterocycles. The Bertz CT molecular complexity index is 1440. The van der Waals surface area contributed by atoms with Crippen molar-refractivity contribution in [2.75, 3.05) is 11.9 Å². The molecule has 41 heavy (non-hydrogen) atoms. The molecule has 0 radical (unpaired) electrons. The fourth-order valence-corrected chi connectivity index (χ4v) is 6.06. The highest BCUT2D eigenvalue weighted by molar-refractivity contribution is 5.94. The molecule has 1 saturated carbocycles. The molecule has 0 spiro atoms. The Hall–Kier alpha value is -3.99. The Morgan fingerprint density at radius 2 is 1.80 bits per heavy atom. The van der Waals surface area contributed by atoms with Gasteiger partial charge in [0.2, 0.25) is 0 Å². The van der Waals surface area contributed by atoms with Gasteiger partial charge in [-0.1, -0.05) is 11.2 Å². The Morgan fingerprint density at radius 1 is 1.10 bits per heavy atom. The maximum atomic E-state index is 14.6. The van der Waals surface area contributed by atoms with Crippen molar-refractivity contribution < 1.29 is 37.5 Å². The molecular formula is C30H31F2N3O6. The number of amides is 2. The van der Waals surface area contributed by atoms with Crippen LogP contribution in [0.15, 0.2) is 40.9 Å². The number of fused-ring (bicyclic) bond motifs is 2. The minimum Gasteiger partial charge on any atom is -0.492 e. The third kappa shape index (κ3) is 5.38. The van der Waals surface area contributed by atoms with Gasteiger partial charge in [0.05, 0.1) is 36.1 Å². The van der Waals surface area contributed by atoms with E-state index in [9.17, 15) is 23.5 Å². The normalized spacial score (nSPS) is 21.6. The minimum absolute atomic E-state index is 0.0403. The molecule has 2 N–H and O–H groups in total. The predicted octanol–water partition coefficient (Wildman–Crippen LogP) is 6.34. The molecule has 2 aromatic carbocycles.